The molecule has 1 aromatic heterocycles. The van der Waals surface area contributed by atoms with E-state index in [0.717, 1.165) is 11.8 Å². The molecule has 2 N–H and O–H groups in total. The Bertz CT molecular complexity index is 924. The van der Waals surface area contributed by atoms with Gasteiger partial charge >= 0.3 is 5.97 Å². The number of ether oxygens (including phenoxy) is 1. The Labute approximate surface area is 167 Å². The highest BCUT2D eigenvalue weighted by Gasteiger charge is 2.16. The summed E-state index contributed by atoms with van der Waals surface area (Å²) >= 11 is 1.11. The number of esters is 1. The van der Waals surface area contributed by atoms with Crippen molar-refractivity contribution < 1.29 is 19.4 Å². The summed E-state index contributed by atoms with van der Waals surface area (Å²) in [5, 5.41) is 13.2. The van der Waals surface area contributed by atoms with E-state index in [-0.39, 0.29) is 29.3 Å². The third kappa shape index (κ3) is 5.56. The predicted molar refractivity (Wildman–Crippen MR) is 108 cm³/mol. The van der Waals surface area contributed by atoms with Gasteiger partial charge in [-0.3, -0.25) is 14.2 Å². The summed E-state index contributed by atoms with van der Waals surface area (Å²) in [6.07, 6.45) is -0.764. The van der Waals surface area contributed by atoms with Crippen LogP contribution < -0.4 is 10.9 Å². The first-order valence-corrected chi connectivity index (χ1v) is 9.92. The molecule has 2 aromatic rings. The van der Waals surface area contributed by atoms with E-state index in [4.69, 9.17) is 4.74 Å². The van der Waals surface area contributed by atoms with Crippen molar-refractivity contribution in [3.8, 4) is 0 Å². The van der Waals surface area contributed by atoms with E-state index in [0.29, 0.717) is 28.5 Å². The number of amides is 1. The normalized spacial score (nSPS) is 12.2. The number of rotatable bonds is 8. The van der Waals surface area contributed by atoms with E-state index < -0.39 is 12.1 Å². The Morgan fingerprint density at radius 2 is 2.04 bits per heavy atom. The summed E-state index contributed by atoms with van der Waals surface area (Å²) in [5.41, 5.74) is 0.271. The summed E-state index contributed by atoms with van der Waals surface area (Å²) in [7, 11) is 1.28. The van der Waals surface area contributed by atoms with Gasteiger partial charge in [0.25, 0.3) is 5.56 Å². The van der Waals surface area contributed by atoms with Crippen LogP contribution in [-0.4, -0.2) is 52.0 Å². The lowest BCUT2D eigenvalue weighted by molar-refractivity contribution is -0.118. The molecule has 9 heteroatoms. The maximum absolute atomic E-state index is 12.9. The number of thioether (sulfide) groups is 1. The first-order chi connectivity index (χ1) is 13.2. The monoisotopic (exact) mass is 407 g/mol. The SMILES string of the molecule is COC(=O)c1ccc2c(=O)n(C[C@H](C)O)c(SCC(=O)NCC(C)C)nc2c1. The number of nitrogens with zero attached hydrogens (tertiary/aromatic N) is 2. The van der Waals surface area contributed by atoms with Gasteiger partial charge in [-0.05, 0) is 31.0 Å². The number of aromatic nitrogens is 2. The van der Waals surface area contributed by atoms with E-state index in [1.807, 2.05) is 13.8 Å². The fraction of sp³-hybridized carbons (Fsp3) is 0.474. The molecule has 8 nitrogen and oxygen atoms in total. The van der Waals surface area contributed by atoms with Crippen molar-refractivity contribution in [2.24, 2.45) is 5.92 Å². The zero-order chi connectivity index (χ0) is 20.8. The number of fused-ring (bicyclic) bond motifs is 1. The van der Waals surface area contributed by atoms with Crippen LogP contribution in [0.4, 0.5) is 0 Å². The van der Waals surface area contributed by atoms with Crippen LogP contribution in [-0.2, 0) is 16.1 Å². The molecule has 152 valence electrons. The average Bonchev–Trinajstić information content (AvgIpc) is 2.65. The number of carbonyl (C=O) groups excluding carboxylic acids is 2. The van der Waals surface area contributed by atoms with Crippen molar-refractivity contribution in [1.29, 1.82) is 0 Å². The minimum Gasteiger partial charge on any atom is -0.465 e. The molecule has 0 aliphatic rings. The summed E-state index contributed by atoms with van der Waals surface area (Å²) in [4.78, 5) is 41.1. The van der Waals surface area contributed by atoms with Crippen LogP contribution >= 0.6 is 11.8 Å². The zero-order valence-electron chi connectivity index (χ0n) is 16.4. The standard InChI is InChI=1S/C19H25N3O5S/c1-11(2)8-20-16(24)10-28-19-21-15-7-13(18(26)27-4)5-6-14(15)17(25)22(19)9-12(3)23/h5-7,11-12,23H,8-10H2,1-4H3,(H,20,24)/t12-/m0/s1. The summed E-state index contributed by atoms with van der Waals surface area (Å²) in [5.74, 6) is -0.279. The highest BCUT2D eigenvalue weighted by Crippen LogP contribution is 2.19. The third-order valence-corrected chi connectivity index (χ3v) is 4.80. The molecule has 0 bridgehead atoms. The highest BCUT2D eigenvalue weighted by molar-refractivity contribution is 7.99. The molecule has 1 aromatic carbocycles. The molecule has 0 radical (unpaired) electrons. The summed E-state index contributed by atoms with van der Waals surface area (Å²) in [6, 6.07) is 4.49. The molecule has 28 heavy (non-hydrogen) atoms. The van der Waals surface area contributed by atoms with Crippen LogP contribution in [0.15, 0.2) is 28.2 Å². The first kappa shape index (κ1) is 21.9. The molecule has 0 spiro atoms. The molecule has 1 heterocycles. The number of hydrogen-bond acceptors (Lipinski definition) is 7. The first-order valence-electron chi connectivity index (χ1n) is 8.93. The van der Waals surface area contributed by atoms with Crippen molar-refractivity contribution >= 4 is 34.5 Å². The lowest BCUT2D eigenvalue weighted by Crippen LogP contribution is -2.30. The third-order valence-electron chi connectivity index (χ3n) is 3.83. The van der Waals surface area contributed by atoms with Crippen molar-refractivity contribution in [2.75, 3.05) is 19.4 Å². The molecule has 1 atom stereocenters. The Morgan fingerprint density at radius 1 is 1.32 bits per heavy atom. The van der Waals surface area contributed by atoms with Gasteiger partial charge in [0.1, 0.15) is 0 Å². The van der Waals surface area contributed by atoms with Crippen LogP contribution in [0.25, 0.3) is 10.9 Å². The van der Waals surface area contributed by atoms with Crippen LogP contribution in [0.2, 0.25) is 0 Å². The van der Waals surface area contributed by atoms with Gasteiger partial charge < -0.3 is 15.2 Å². The molecule has 1 amide bonds. The van der Waals surface area contributed by atoms with Gasteiger partial charge in [-0.1, -0.05) is 25.6 Å². The second-order valence-electron chi connectivity index (χ2n) is 6.87. The lowest BCUT2D eigenvalue weighted by Gasteiger charge is -2.15. The van der Waals surface area contributed by atoms with Crippen molar-refractivity contribution in [1.82, 2.24) is 14.9 Å². The molecular weight excluding hydrogens is 382 g/mol. The maximum atomic E-state index is 12.9. The number of hydrogen-bond donors (Lipinski definition) is 2. The van der Waals surface area contributed by atoms with E-state index in [1.165, 1.54) is 29.9 Å². The van der Waals surface area contributed by atoms with E-state index in [9.17, 15) is 19.5 Å². The van der Waals surface area contributed by atoms with Crippen molar-refractivity contribution in [2.45, 2.75) is 38.6 Å². The van der Waals surface area contributed by atoms with Crippen molar-refractivity contribution in [3.05, 3.63) is 34.1 Å². The Hall–Kier alpha value is -2.39. The molecule has 0 unspecified atom stereocenters. The van der Waals surface area contributed by atoms with Gasteiger partial charge in [0.05, 0.1) is 42.0 Å². The molecule has 0 aliphatic heterocycles. The number of benzene rings is 1. The molecule has 0 saturated carbocycles. The molecule has 0 fully saturated rings. The van der Waals surface area contributed by atoms with Gasteiger partial charge in [-0.15, -0.1) is 0 Å². The topological polar surface area (TPSA) is 111 Å². The van der Waals surface area contributed by atoms with E-state index >= 15 is 0 Å². The fourth-order valence-electron chi connectivity index (χ4n) is 2.48. The van der Waals surface area contributed by atoms with Crippen molar-refractivity contribution in [3.63, 3.8) is 0 Å². The number of nitrogens with one attached hydrogen (secondary N) is 1. The highest BCUT2D eigenvalue weighted by atomic mass is 32.2. The minimum atomic E-state index is -0.764. The van der Waals surface area contributed by atoms with E-state index in [2.05, 4.69) is 10.3 Å². The molecule has 0 aliphatic carbocycles. The molecule has 2 rings (SSSR count). The number of carbonyl (C=O) groups is 2. The largest absolute Gasteiger partial charge is 0.465 e. The second kappa shape index (κ2) is 9.70. The van der Waals surface area contributed by atoms with Gasteiger partial charge in [-0.2, -0.15) is 0 Å². The number of aliphatic hydroxyl groups is 1. The summed E-state index contributed by atoms with van der Waals surface area (Å²) < 4.78 is 6.06. The Morgan fingerprint density at radius 3 is 2.64 bits per heavy atom. The quantitative estimate of drug-likeness (QED) is 0.387. The van der Waals surface area contributed by atoms with Crippen LogP contribution in [0.5, 0.6) is 0 Å². The van der Waals surface area contributed by atoms with Gasteiger partial charge in [0.2, 0.25) is 5.91 Å². The van der Waals surface area contributed by atoms with Crippen LogP contribution in [0.3, 0.4) is 0 Å². The van der Waals surface area contributed by atoms with Crippen LogP contribution in [0.1, 0.15) is 31.1 Å². The molecular formula is C19H25N3O5S. The maximum Gasteiger partial charge on any atom is 0.337 e. The Balaban J connectivity index is 2.40. The number of methoxy groups -OCH3 is 1. The lowest BCUT2D eigenvalue weighted by atomic mass is 10.1. The minimum absolute atomic E-state index is 0.0521. The van der Waals surface area contributed by atoms with Gasteiger partial charge in [0, 0.05) is 6.54 Å². The second-order valence-corrected chi connectivity index (χ2v) is 7.81. The Kier molecular flexibility index (Phi) is 7.59. The predicted octanol–water partition coefficient (Wildman–Crippen LogP) is 1.43. The fourth-order valence-corrected chi connectivity index (χ4v) is 3.32. The average molecular weight is 407 g/mol. The number of aliphatic hydroxyl groups excluding tert-OH is 1. The zero-order valence-corrected chi connectivity index (χ0v) is 17.2. The van der Waals surface area contributed by atoms with Gasteiger partial charge in [-0.25, -0.2) is 9.78 Å². The molecule has 0 saturated heterocycles. The van der Waals surface area contributed by atoms with Crippen LogP contribution in [0, 0.1) is 5.92 Å². The smallest absolute Gasteiger partial charge is 0.337 e. The van der Waals surface area contributed by atoms with Gasteiger partial charge in [0.15, 0.2) is 5.16 Å². The van der Waals surface area contributed by atoms with E-state index in [1.54, 1.807) is 6.92 Å². The summed E-state index contributed by atoms with van der Waals surface area (Å²) in [6.45, 7) is 6.18.